The van der Waals surface area contributed by atoms with Crippen LogP contribution in [0.5, 0.6) is 34.5 Å². The number of phenols is 5. The summed E-state index contributed by atoms with van der Waals surface area (Å²) in [7, 11) is 0. The molecule has 22 heteroatoms. The molecular formula is C41H44O22. The van der Waals surface area contributed by atoms with Crippen molar-refractivity contribution >= 4 is 23.0 Å². The second-order valence-electron chi connectivity index (χ2n) is 15.0. The second-order valence-corrected chi connectivity index (χ2v) is 15.0. The Labute approximate surface area is 354 Å². The lowest BCUT2D eigenvalue weighted by Gasteiger charge is -2.46. The molecule has 0 radical (unpaired) electrons. The van der Waals surface area contributed by atoms with Gasteiger partial charge in [-0.3, -0.25) is 4.79 Å². The van der Waals surface area contributed by atoms with Gasteiger partial charge >= 0.3 is 5.97 Å². The lowest BCUT2D eigenvalue weighted by molar-refractivity contribution is -0.348. The topological polar surface area (TPSA) is 355 Å². The second kappa shape index (κ2) is 18.6. The number of benzene rings is 3. The summed E-state index contributed by atoms with van der Waals surface area (Å²) in [6.45, 7) is 0.0171. The number of ether oxygens (including phenoxy) is 7. The maximum absolute atomic E-state index is 14.4. The van der Waals surface area contributed by atoms with Crippen molar-refractivity contribution in [2.75, 3.05) is 13.2 Å². The van der Waals surface area contributed by atoms with Gasteiger partial charge in [-0.05, 0) is 48.9 Å². The largest absolute Gasteiger partial charge is 0.508 e. The van der Waals surface area contributed by atoms with Crippen LogP contribution in [-0.2, 0) is 33.2 Å². The van der Waals surface area contributed by atoms with E-state index >= 15 is 0 Å². The normalized spacial score (nSPS) is 32.4. The summed E-state index contributed by atoms with van der Waals surface area (Å²) in [6, 6.07) is 10.6. The van der Waals surface area contributed by atoms with Gasteiger partial charge in [0.15, 0.2) is 35.9 Å². The zero-order chi connectivity index (χ0) is 45.4. The molecule has 3 aromatic carbocycles. The molecule has 12 N–H and O–H groups in total. The molecule has 4 heterocycles. The number of aromatic hydroxyl groups is 5. The van der Waals surface area contributed by atoms with Gasteiger partial charge in [0.2, 0.25) is 17.5 Å². The van der Waals surface area contributed by atoms with E-state index in [9.17, 15) is 70.9 Å². The van der Waals surface area contributed by atoms with Crippen LogP contribution >= 0.6 is 0 Å². The Morgan fingerprint density at radius 1 is 0.730 bits per heavy atom. The first-order chi connectivity index (χ1) is 29.9. The third-order valence-electron chi connectivity index (χ3n) is 10.5. The third kappa shape index (κ3) is 9.52. The molecule has 14 atom stereocenters. The number of phenolic OH excluding ortho intramolecular Hbond substituents is 5. The lowest BCUT2D eigenvalue weighted by Crippen LogP contribution is -2.65. The standard InChI is InChI=1S/C41H44O22/c1-15-28(49)32(53)34(55)39(58-15)57-14-25-30(51)36(62-40-33(54)29(50)23(47)13-56-40)38(61-26(48)9-4-16-2-6-18(42)7-3-16)41(60-25)63-37-31(52)27-22(46)11-19(43)12-24(27)59-35(37)17-5-8-20(44)21(45)10-17/h2-12,15,23,25,28-30,32-34,36,38-47,49-51,53-55H,13-14H2,1H3. The van der Waals surface area contributed by atoms with Crippen molar-refractivity contribution in [3.8, 4) is 45.8 Å². The number of aliphatic hydroxyl groups is 7. The van der Waals surface area contributed by atoms with Crippen molar-refractivity contribution in [2.24, 2.45) is 0 Å². The number of hydrogen-bond donors (Lipinski definition) is 12. The van der Waals surface area contributed by atoms with Crippen LogP contribution in [0.3, 0.4) is 0 Å². The first kappa shape index (κ1) is 45.4. The summed E-state index contributed by atoms with van der Waals surface area (Å²) in [5, 5.41) is 125. The molecule has 14 unspecified atom stereocenters. The van der Waals surface area contributed by atoms with E-state index in [4.69, 9.17) is 37.6 Å². The number of aliphatic hydroxyl groups excluding tert-OH is 7. The van der Waals surface area contributed by atoms with Gasteiger partial charge in [0.1, 0.15) is 83.2 Å². The molecule has 340 valence electrons. The molecule has 0 spiro atoms. The van der Waals surface area contributed by atoms with Crippen LogP contribution < -0.4 is 10.2 Å². The van der Waals surface area contributed by atoms with E-state index in [-0.39, 0.29) is 16.9 Å². The number of carbonyl (C=O) groups is 1. The van der Waals surface area contributed by atoms with E-state index < -0.39 is 151 Å². The van der Waals surface area contributed by atoms with Crippen molar-refractivity contribution in [3.63, 3.8) is 0 Å². The van der Waals surface area contributed by atoms with Gasteiger partial charge in [0.05, 0.1) is 19.3 Å². The molecule has 0 amide bonds. The van der Waals surface area contributed by atoms with Crippen LogP contribution in [0.2, 0.25) is 0 Å². The molecule has 0 aliphatic carbocycles. The summed E-state index contributed by atoms with van der Waals surface area (Å²) in [6.07, 6.45) is -22.7. The van der Waals surface area contributed by atoms with Crippen molar-refractivity contribution in [2.45, 2.75) is 92.9 Å². The molecule has 1 aromatic heterocycles. The van der Waals surface area contributed by atoms with Crippen LogP contribution in [0.4, 0.5) is 0 Å². The van der Waals surface area contributed by atoms with E-state index in [1.165, 1.54) is 43.3 Å². The van der Waals surface area contributed by atoms with E-state index in [2.05, 4.69) is 0 Å². The third-order valence-corrected chi connectivity index (χ3v) is 10.5. The highest BCUT2D eigenvalue weighted by atomic mass is 16.8. The molecule has 7 rings (SSSR count). The Hall–Kier alpha value is -5.60. The molecule has 4 aromatic rings. The van der Waals surface area contributed by atoms with Crippen LogP contribution in [0.25, 0.3) is 28.4 Å². The fraction of sp³-hybridized carbons (Fsp3) is 0.415. The van der Waals surface area contributed by atoms with Gasteiger partial charge in [-0.2, -0.15) is 0 Å². The van der Waals surface area contributed by atoms with Crippen molar-refractivity contribution in [1.29, 1.82) is 0 Å². The van der Waals surface area contributed by atoms with Crippen LogP contribution in [0, 0.1) is 0 Å². The summed E-state index contributed by atoms with van der Waals surface area (Å²) in [4.78, 5) is 28.0. The highest BCUT2D eigenvalue weighted by Gasteiger charge is 2.53. The summed E-state index contributed by atoms with van der Waals surface area (Å²) < 4.78 is 46.6. The molecule has 63 heavy (non-hydrogen) atoms. The van der Waals surface area contributed by atoms with Crippen LogP contribution in [0.15, 0.2) is 69.9 Å². The maximum Gasteiger partial charge on any atom is 0.331 e. The molecule has 0 bridgehead atoms. The van der Waals surface area contributed by atoms with Gasteiger partial charge in [0, 0.05) is 23.8 Å². The average molecular weight is 889 g/mol. The Morgan fingerprint density at radius 3 is 2.16 bits per heavy atom. The number of fused-ring (bicyclic) bond motifs is 1. The smallest absolute Gasteiger partial charge is 0.331 e. The Balaban J connectivity index is 1.33. The van der Waals surface area contributed by atoms with Crippen LogP contribution in [0.1, 0.15) is 12.5 Å². The summed E-state index contributed by atoms with van der Waals surface area (Å²) in [5.74, 6) is -5.14. The van der Waals surface area contributed by atoms with Crippen molar-refractivity contribution in [3.05, 3.63) is 76.5 Å². The highest BCUT2D eigenvalue weighted by molar-refractivity contribution is 5.89. The van der Waals surface area contributed by atoms with Gasteiger partial charge in [-0.15, -0.1) is 0 Å². The zero-order valence-corrected chi connectivity index (χ0v) is 32.8. The first-order valence-corrected chi connectivity index (χ1v) is 19.3. The molecule has 3 aliphatic rings. The zero-order valence-electron chi connectivity index (χ0n) is 32.8. The van der Waals surface area contributed by atoms with Gasteiger partial charge < -0.3 is 98.9 Å². The summed E-state index contributed by atoms with van der Waals surface area (Å²) in [5.41, 5.74) is -1.26. The van der Waals surface area contributed by atoms with Gasteiger partial charge in [0.25, 0.3) is 0 Å². The maximum atomic E-state index is 14.4. The van der Waals surface area contributed by atoms with Gasteiger partial charge in [-0.1, -0.05) is 12.1 Å². The summed E-state index contributed by atoms with van der Waals surface area (Å²) >= 11 is 0. The Morgan fingerprint density at radius 2 is 1.44 bits per heavy atom. The average Bonchev–Trinajstić information content (AvgIpc) is 3.24. The minimum Gasteiger partial charge on any atom is -0.508 e. The van der Waals surface area contributed by atoms with E-state index in [1.54, 1.807) is 0 Å². The van der Waals surface area contributed by atoms with E-state index in [0.717, 1.165) is 30.3 Å². The number of hydrogen-bond acceptors (Lipinski definition) is 22. The first-order valence-electron chi connectivity index (χ1n) is 19.3. The SMILES string of the molecule is CC1OC(OCC2OC(Oc3c(-c4ccc(O)c(O)c4)oc4cc(O)cc(O)c4c3=O)C(OC(=O)C=Cc3ccc(O)cc3)C(OC3OCC(O)C(O)C3O)C2O)C(O)C(O)C1O. The lowest BCUT2D eigenvalue weighted by atomic mass is 9.97. The minimum atomic E-state index is -2.12. The molecule has 3 fully saturated rings. The van der Waals surface area contributed by atoms with Crippen LogP contribution in [-0.4, -0.2) is 166 Å². The van der Waals surface area contributed by atoms with E-state index in [1.807, 2.05) is 0 Å². The fourth-order valence-corrected chi connectivity index (χ4v) is 7.07. The molecular weight excluding hydrogens is 844 g/mol. The molecule has 3 saturated heterocycles. The predicted molar refractivity (Wildman–Crippen MR) is 208 cm³/mol. The molecule has 22 nitrogen and oxygen atoms in total. The monoisotopic (exact) mass is 888 g/mol. The van der Waals surface area contributed by atoms with Gasteiger partial charge in [-0.25, -0.2) is 4.79 Å². The Kier molecular flexibility index (Phi) is 13.4. The number of esters is 1. The van der Waals surface area contributed by atoms with Crippen molar-refractivity contribution in [1.82, 2.24) is 0 Å². The quantitative estimate of drug-likeness (QED) is 0.0475. The van der Waals surface area contributed by atoms with Crippen molar-refractivity contribution < 1.29 is 104 Å². The van der Waals surface area contributed by atoms with E-state index in [0.29, 0.717) is 5.56 Å². The number of rotatable bonds is 11. The molecule has 0 saturated carbocycles. The Bertz CT molecular complexity index is 2350. The fourth-order valence-electron chi connectivity index (χ4n) is 7.07. The number of carbonyl (C=O) groups excluding carboxylic acids is 1. The highest BCUT2D eigenvalue weighted by Crippen LogP contribution is 2.40. The predicted octanol–water partition coefficient (Wildman–Crippen LogP) is -1.25. The minimum absolute atomic E-state index is 0.0654. The molecule has 3 aliphatic heterocycles.